The lowest BCUT2D eigenvalue weighted by atomic mass is 9.91. The summed E-state index contributed by atoms with van der Waals surface area (Å²) in [6, 6.07) is 5.39. The third-order valence-electron chi connectivity index (χ3n) is 7.75. The Morgan fingerprint density at radius 3 is 2.50 bits per heavy atom. The normalized spacial score (nSPS) is 23.4. The average molecular weight is 466 g/mol. The third-order valence-corrected chi connectivity index (χ3v) is 7.75. The van der Waals surface area contributed by atoms with Gasteiger partial charge in [-0.15, -0.1) is 0 Å². The first-order chi connectivity index (χ1) is 16.2. The van der Waals surface area contributed by atoms with Crippen molar-refractivity contribution in [2.75, 3.05) is 4.90 Å². The maximum atomic E-state index is 12.4. The van der Waals surface area contributed by atoms with Crippen LogP contribution in [-0.2, 0) is 0 Å². The zero-order chi connectivity index (χ0) is 24.7. The molecule has 1 heterocycles. The first-order valence-electron chi connectivity index (χ1n) is 12.2. The molecule has 0 spiro atoms. The van der Waals surface area contributed by atoms with Gasteiger partial charge in [-0.2, -0.15) is 0 Å². The Morgan fingerprint density at radius 1 is 1.24 bits per heavy atom. The fourth-order valence-corrected chi connectivity index (χ4v) is 5.36. The van der Waals surface area contributed by atoms with E-state index in [1.54, 1.807) is 6.07 Å². The molecule has 2 aromatic rings. The van der Waals surface area contributed by atoms with Crippen LogP contribution in [0.5, 0.6) is 0 Å². The van der Waals surface area contributed by atoms with Gasteiger partial charge in [0.15, 0.2) is 0 Å². The molecule has 7 heteroatoms. The maximum absolute atomic E-state index is 12.4. The highest BCUT2D eigenvalue weighted by molar-refractivity contribution is 6.05. The molecule has 4 rings (SSSR count). The van der Waals surface area contributed by atoms with Crippen LogP contribution >= 0.6 is 0 Å². The van der Waals surface area contributed by atoms with Crippen LogP contribution in [0.2, 0.25) is 0 Å². The molecule has 7 nitrogen and oxygen atoms in total. The van der Waals surface area contributed by atoms with E-state index in [2.05, 4.69) is 38.8 Å². The number of fused-ring (bicyclic) bond motifs is 1. The number of H-pyrrole nitrogens is 1. The van der Waals surface area contributed by atoms with E-state index >= 15 is 0 Å². The number of nitrogens with zero attached hydrogens (tertiary/aromatic N) is 1. The maximum Gasteiger partial charge on any atom is 0.413 e. The molecule has 1 aromatic heterocycles. The van der Waals surface area contributed by atoms with Gasteiger partial charge in [0.2, 0.25) is 0 Å². The summed E-state index contributed by atoms with van der Waals surface area (Å²) in [5.74, 6) is -0.0627. The highest BCUT2D eigenvalue weighted by atomic mass is 16.4. The molecule has 1 amide bonds. The smallest absolute Gasteiger partial charge is 0.413 e. The Balaban J connectivity index is 1.93. The number of carboxylic acids is 1. The number of aromatic carboxylic acids is 1. The van der Waals surface area contributed by atoms with Crippen molar-refractivity contribution in [3.63, 3.8) is 0 Å². The second-order valence-electron chi connectivity index (χ2n) is 9.88. The quantitative estimate of drug-likeness (QED) is 0.362. The average Bonchev–Trinajstić information content (AvgIpc) is 3.40. The van der Waals surface area contributed by atoms with Gasteiger partial charge in [0.1, 0.15) is 5.69 Å². The molecule has 0 saturated heterocycles. The van der Waals surface area contributed by atoms with E-state index < -0.39 is 18.2 Å². The Morgan fingerprint density at radius 2 is 1.94 bits per heavy atom. The van der Waals surface area contributed by atoms with Crippen LogP contribution in [0.25, 0.3) is 16.5 Å². The zero-order valence-electron chi connectivity index (χ0n) is 20.4. The Labute approximate surface area is 200 Å². The zero-order valence-corrected chi connectivity index (χ0v) is 20.4. The molecule has 1 aromatic carbocycles. The molecule has 2 aliphatic carbocycles. The lowest BCUT2D eigenvalue weighted by Gasteiger charge is -2.28. The Kier molecular flexibility index (Phi) is 6.58. The monoisotopic (exact) mass is 465 g/mol. The minimum absolute atomic E-state index is 0.0227. The molecule has 5 N–H and O–H groups in total. The molecule has 1 fully saturated rings. The molecule has 2 aliphatic rings. The number of allylic oxidation sites excluding steroid dienone is 4. The van der Waals surface area contributed by atoms with Crippen LogP contribution in [0.4, 0.5) is 10.5 Å². The van der Waals surface area contributed by atoms with Crippen molar-refractivity contribution in [3.05, 3.63) is 46.7 Å². The summed E-state index contributed by atoms with van der Waals surface area (Å²) < 4.78 is 0. The van der Waals surface area contributed by atoms with E-state index in [1.807, 2.05) is 12.1 Å². The summed E-state index contributed by atoms with van der Waals surface area (Å²) >= 11 is 0. The van der Waals surface area contributed by atoms with Crippen molar-refractivity contribution < 1.29 is 19.8 Å². The van der Waals surface area contributed by atoms with Crippen molar-refractivity contribution in [1.82, 2.24) is 4.98 Å². The molecule has 182 valence electrons. The van der Waals surface area contributed by atoms with E-state index in [0.717, 1.165) is 43.2 Å². The summed E-state index contributed by atoms with van der Waals surface area (Å²) in [4.78, 5) is 28.3. The number of nitrogens with one attached hydrogen (secondary N) is 1. The second kappa shape index (κ2) is 9.29. The van der Waals surface area contributed by atoms with Crippen molar-refractivity contribution in [3.8, 4) is 0 Å². The van der Waals surface area contributed by atoms with Crippen LogP contribution < -0.4 is 10.6 Å². The first-order valence-corrected chi connectivity index (χ1v) is 12.2. The molecule has 0 radical (unpaired) electrons. The Hall–Kier alpha value is -3.06. The van der Waals surface area contributed by atoms with Gasteiger partial charge >= 0.3 is 12.1 Å². The van der Waals surface area contributed by atoms with E-state index in [1.165, 1.54) is 16.0 Å². The summed E-state index contributed by atoms with van der Waals surface area (Å²) in [6.07, 6.45) is 5.39. The van der Waals surface area contributed by atoms with Crippen LogP contribution in [0, 0.1) is 17.8 Å². The lowest BCUT2D eigenvalue weighted by molar-refractivity contribution is 0.0691. The number of nitrogens with two attached hydrogens (primary N) is 1. The summed E-state index contributed by atoms with van der Waals surface area (Å²) in [5.41, 5.74) is 12.0. The Bertz CT molecular complexity index is 1190. The second-order valence-corrected chi connectivity index (χ2v) is 9.88. The number of hydrogen-bond acceptors (Lipinski definition) is 3. The van der Waals surface area contributed by atoms with Crippen molar-refractivity contribution in [2.24, 2.45) is 23.5 Å². The first kappa shape index (κ1) is 24.1. The topological polar surface area (TPSA) is 120 Å². The minimum atomic E-state index is -1.14. The number of aromatic amines is 1. The van der Waals surface area contributed by atoms with Gasteiger partial charge in [-0.05, 0) is 85.3 Å². The van der Waals surface area contributed by atoms with Gasteiger partial charge in [0, 0.05) is 5.39 Å². The lowest BCUT2D eigenvalue weighted by Crippen LogP contribution is -2.47. The predicted molar refractivity (Wildman–Crippen MR) is 135 cm³/mol. The van der Waals surface area contributed by atoms with Gasteiger partial charge in [0.25, 0.3) is 0 Å². The van der Waals surface area contributed by atoms with E-state index in [4.69, 9.17) is 5.73 Å². The molecule has 34 heavy (non-hydrogen) atoms. The van der Waals surface area contributed by atoms with Gasteiger partial charge < -0.3 is 20.9 Å². The van der Waals surface area contributed by atoms with Gasteiger partial charge in [-0.25, -0.2) is 9.59 Å². The third kappa shape index (κ3) is 4.37. The standard InChI is InChI=1S/C27H35N3O4/c1-5-16-7-8-20(15(4)17(6-2)10-16)18-11-19-12-22(26(31)32)29-24(19)23(13-18)30(27(33)34)25(28)21-9-14(21)3/h8,11-14,16,21,25,29H,5-7,9-10,28H2,1-4H3,(H,31,32)(H,33,34). The molecular formula is C27H35N3O4. The predicted octanol–water partition coefficient (Wildman–Crippen LogP) is 6.22. The number of benzene rings is 1. The van der Waals surface area contributed by atoms with Crippen molar-refractivity contribution >= 4 is 34.2 Å². The van der Waals surface area contributed by atoms with Gasteiger partial charge in [-0.1, -0.05) is 38.8 Å². The summed E-state index contributed by atoms with van der Waals surface area (Å²) in [7, 11) is 0. The number of aromatic nitrogens is 1. The summed E-state index contributed by atoms with van der Waals surface area (Å²) in [6.45, 7) is 8.60. The van der Waals surface area contributed by atoms with E-state index in [-0.39, 0.29) is 11.6 Å². The fraction of sp³-hybridized carbons (Fsp3) is 0.481. The number of rotatable bonds is 7. The number of hydrogen-bond donors (Lipinski definition) is 4. The number of anilines is 1. The van der Waals surface area contributed by atoms with E-state index in [9.17, 15) is 19.8 Å². The fourth-order valence-electron chi connectivity index (χ4n) is 5.36. The highest BCUT2D eigenvalue weighted by Gasteiger charge is 2.43. The summed E-state index contributed by atoms with van der Waals surface area (Å²) in [5, 5.41) is 20.4. The largest absolute Gasteiger partial charge is 0.477 e. The van der Waals surface area contributed by atoms with Gasteiger partial charge in [-0.3, -0.25) is 4.90 Å². The minimum Gasteiger partial charge on any atom is -0.477 e. The van der Waals surface area contributed by atoms with Crippen molar-refractivity contribution in [1.29, 1.82) is 0 Å². The highest BCUT2D eigenvalue weighted by Crippen LogP contribution is 2.44. The molecule has 0 aliphatic heterocycles. The number of carboxylic acid groups (broad SMARTS) is 2. The molecule has 4 atom stereocenters. The molecule has 4 unspecified atom stereocenters. The van der Waals surface area contributed by atoms with Crippen LogP contribution in [0.15, 0.2) is 35.4 Å². The SMILES string of the molecule is CCC1=C(C)C(c2cc(N(C(=O)O)C(N)C3CC3C)c3[nH]c(C(=O)O)cc3c2)=CCC(CC)C1. The van der Waals surface area contributed by atoms with Gasteiger partial charge in [0.05, 0.1) is 17.4 Å². The van der Waals surface area contributed by atoms with Crippen LogP contribution in [0.1, 0.15) is 75.9 Å². The van der Waals surface area contributed by atoms with E-state index in [0.29, 0.717) is 28.4 Å². The van der Waals surface area contributed by atoms with Crippen LogP contribution in [0.3, 0.4) is 0 Å². The molecule has 0 bridgehead atoms. The van der Waals surface area contributed by atoms with Crippen LogP contribution in [-0.4, -0.2) is 33.4 Å². The molecular weight excluding hydrogens is 430 g/mol. The molecule has 1 saturated carbocycles. The number of amides is 1. The van der Waals surface area contributed by atoms with Crippen molar-refractivity contribution in [2.45, 2.75) is 66.0 Å². The number of carbonyl (C=O) groups is 2.